The normalized spacial score (nSPS) is 9.74. The Kier molecular flexibility index (Phi) is 4.90. The van der Waals surface area contributed by atoms with Crippen LogP contribution in [0, 0.1) is 0 Å². The standard InChI is InChI=1S/C10H12N2O.C2H2O4/c11-4-3-7-6-12-10-2-1-8(13)5-9(7)10;3-1(4)2(5)6/h1-2,5-6,12-13H,3-4,11H2;(H,3,4)(H,5,6). The topological polar surface area (TPSA) is 137 Å². The number of rotatable bonds is 2. The number of aromatic nitrogens is 1. The maximum atomic E-state index is 9.30. The largest absolute Gasteiger partial charge is 0.508 e. The zero-order valence-electron chi connectivity index (χ0n) is 9.96. The summed E-state index contributed by atoms with van der Waals surface area (Å²) in [5, 5.41) is 25.1. The average molecular weight is 266 g/mol. The van der Waals surface area contributed by atoms with Crippen LogP contribution in [0.1, 0.15) is 5.56 Å². The molecule has 0 saturated carbocycles. The molecule has 0 amide bonds. The predicted molar refractivity (Wildman–Crippen MR) is 68.0 cm³/mol. The van der Waals surface area contributed by atoms with Gasteiger partial charge in [-0.3, -0.25) is 0 Å². The van der Waals surface area contributed by atoms with Gasteiger partial charge >= 0.3 is 11.9 Å². The molecule has 6 N–H and O–H groups in total. The number of H-pyrrole nitrogens is 1. The first kappa shape index (κ1) is 14.5. The van der Waals surface area contributed by atoms with E-state index in [1.54, 1.807) is 12.1 Å². The Balaban J connectivity index is 0.000000258. The van der Waals surface area contributed by atoms with Gasteiger partial charge < -0.3 is 26.0 Å². The predicted octanol–water partition coefficient (Wildman–Crippen LogP) is 0.530. The summed E-state index contributed by atoms with van der Waals surface area (Å²) in [6.45, 7) is 0.628. The van der Waals surface area contributed by atoms with Crippen molar-refractivity contribution in [3.8, 4) is 5.75 Å². The van der Waals surface area contributed by atoms with Gasteiger partial charge in [-0.1, -0.05) is 0 Å². The zero-order valence-corrected chi connectivity index (χ0v) is 9.96. The molecule has 0 aliphatic rings. The van der Waals surface area contributed by atoms with E-state index in [1.807, 2.05) is 12.3 Å². The molecule has 1 aromatic heterocycles. The van der Waals surface area contributed by atoms with Gasteiger partial charge in [0.25, 0.3) is 0 Å². The number of hydrogen-bond acceptors (Lipinski definition) is 4. The number of aromatic hydroxyl groups is 1. The molecular weight excluding hydrogens is 252 g/mol. The van der Waals surface area contributed by atoms with Gasteiger partial charge in [0.1, 0.15) is 5.75 Å². The smallest absolute Gasteiger partial charge is 0.414 e. The first-order valence-corrected chi connectivity index (χ1v) is 5.41. The second-order valence-corrected chi connectivity index (χ2v) is 3.69. The molecule has 102 valence electrons. The Morgan fingerprint density at radius 3 is 2.37 bits per heavy atom. The number of fused-ring (bicyclic) bond motifs is 1. The molecule has 0 aliphatic heterocycles. The highest BCUT2D eigenvalue weighted by Crippen LogP contribution is 2.22. The summed E-state index contributed by atoms with van der Waals surface area (Å²) in [7, 11) is 0. The van der Waals surface area contributed by atoms with E-state index in [0.717, 1.165) is 22.9 Å². The lowest BCUT2D eigenvalue weighted by Gasteiger charge is -1.96. The number of carboxylic acids is 2. The van der Waals surface area contributed by atoms with Gasteiger partial charge in [0.15, 0.2) is 0 Å². The molecular formula is C12H14N2O5. The van der Waals surface area contributed by atoms with Crippen LogP contribution >= 0.6 is 0 Å². The third-order valence-corrected chi connectivity index (χ3v) is 2.35. The van der Waals surface area contributed by atoms with Gasteiger partial charge in [0.2, 0.25) is 0 Å². The lowest BCUT2D eigenvalue weighted by molar-refractivity contribution is -0.159. The fourth-order valence-electron chi connectivity index (χ4n) is 1.53. The van der Waals surface area contributed by atoms with E-state index < -0.39 is 11.9 Å². The maximum absolute atomic E-state index is 9.30. The lowest BCUT2D eigenvalue weighted by Crippen LogP contribution is -2.09. The van der Waals surface area contributed by atoms with Crippen molar-refractivity contribution in [2.24, 2.45) is 5.73 Å². The van der Waals surface area contributed by atoms with Crippen LogP contribution in [0.4, 0.5) is 0 Å². The van der Waals surface area contributed by atoms with Crippen molar-refractivity contribution >= 4 is 22.8 Å². The average Bonchev–Trinajstić information content (AvgIpc) is 2.73. The summed E-state index contributed by atoms with van der Waals surface area (Å²) in [4.78, 5) is 21.3. The number of carboxylic acid groups (broad SMARTS) is 2. The maximum Gasteiger partial charge on any atom is 0.414 e. The molecule has 0 saturated heterocycles. The van der Waals surface area contributed by atoms with E-state index in [1.165, 1.54) is 0 Å². The van der Waals surface area contributed by atoms with Crippen LogP contribution in [0.2, 0.25) is 0 Å². The fourth-order valence-corrected chi connectivity index (χ4v) is 1.53. The Morgan fingerprint density at radius 1 is 1.21 bits per heavy atom. The number of aliphatic carboxylic acids is 2. The van der Waals surface area contributed by atoms with Crippen molar-refractivity contribution in [3.05, 3.63) is 30.0 Å². The van der Waals surface area contributed by atoms with Gasteiger partial charge in [-0.2, -0.15) is 0 Å². The van der Waals surface area contributed by atoms with Gasteiger partial charge in [-0.25, -0.2) is 9.59 Å². The molecule has 1 heterocycles. The van der Waals surface area contributed by atoms with Crippen LogP contribution in [0.3, 0.4) is 0 Å². The summed E-state index contributed by atoms with van der Waals surface area (Å²) in [5.41, 5.74) is 7.68. The molecule has 1 aromatic carbocycles. The number of phenols is 1. The molecule has 0 radical (unpaired) electrons. The van der Waals surface area contributed by atoms with Crippen molar-refractivity contribution in [1.29, 1.82) is 0 Å². The highest BCUT2D eigenvalue weighted by Gasteiger charge is 2.04. The van der Waals surface area contributed by atoms with Crippen LogP contribution in [0.25, 0.3) is 10.9 Å². The van der Waals surface area contributed by atoms with Crippen LogP contribution in [-0.4, -0.2) is 38.8 Å². The fraction of sp³-hybridized carbons (Fsp3) is 0.167. The van der Waals surface area contributed by atoms with E-state index in [4.69, 9.17) is 25.5 Å². The Hall–Kier alpha value is -2.54. The number of carbonyl (C=O) groups is 2. The first-order chi connectivity index (χ1) is 8.95. The van der Waals surface area contributed by atoms with E-state index in [9.17, 15) is 5.11 Å². The Labute approximate surface area is 108 Å². The van der Waals surface area contributed by atoms with Crippen LogP contribution in [0.15, 0.2) is 24.4 Å². The highest BCUT2D eigenvalue weighted by molar-refractivity contribution is 6.27. The minimum absolute atomic E-state index is 0.297. The van der Waals surface area contributed by atoms with Crippen molar-refractivity contribution in [2.45, 2.75) is 6.42 Å². The summed E-state index contributed by atoms with van der Waals surface area (Å²) in [6.07, 6.45) is 2.78. The molecule has 0 bridgehead atoms. The third-order valence-electron chi connectivity index (χ3n) is 2.35. The van der Waals surface area contributed by atoms with Gasteiger partial charge in [-0.15, -0.1) is 0 Å². The highest BCUT2D eigenvalue weighted by atomic mass is 16.4. The molecule has 7 nitrogen and oxygen atoms in total. The third kappa shape index (κ3) is 4.00. The number of nitrogens with two attached hydrogens (primary N) is 1. The monoisotopic (exact) mass is 266 g/mol. The molecule has 0 unspecified atom stereocenters. The van der Waals surface area contributed by atoms with E-state index in [2.05, 4.69) is 4.98 Å². The zero-order chi connectivity index (χ0) is 14.4. The van der Waals surface area contributed by atoms with E-state index >= 15 is 0 Å². The summed E-state index contributed by atoms with van der Waals surface area (Å²) < 4.78 is 0. The number of aromatic amines is 1. The van der Waals surface area contributed by atoms with Gasteiger partial charge in [0, 0.05) is 17.1 Å². The number of hydrogen-bond donors (Lipinski definition) is 5. The lowest BCUT2D eigenvalue weighted by atomic mass is 10.1. The molecule has 0 atom stereocenters. The van der Waals surface area contributed by atoms with Crippen LogP contribution in [-0.2, 0) is 16.0 Å². The number of phenolic OH excluding ortho intramolecular Hbond substituents is 1. The summed E-state index contributed by atoms with van der Waals surface area (Å²) in [5.74, 6) is -3.35. The number of nitrogens with one attached hydrogen (secondary N) is 1. The quantitative estimate of drug-likeness (QED) is 0.503. The second kappa shape index (κ2) is 6.41. The van der Waals surface area contributed by atoms with E-state index in [-0.39, 0.29) is 0 Å². The molecule has 0 fully saturated rings. The van der Waals surface area contributed by atoms with Gasteiger partial charge in [-0.05, 0) is 36.7 Å². The Bertz CT molecular complexity index is 579. The second-order valence-electron chi connectivity index (χ2n) is 3.69. The van der Waals surface area contributed by atoms with Gasteiger partial charge in [0.05, 0.1) is 0 Å². The molecule has 0 aliphatic carbocycles. The molecule has 2 aromatic rings. The first-order valence-electron chi connectivity index (χ1n) is 5.41. The summed E-state index contributed by atoms with van der Waals surface area (Å²) >= 11 is 0. The molecule has 2 rings (SSSR count). The minimum atomic E-state index is -1.82. The van der Waals surface area contributed by atoms with Crippen molar-refractivity contribution in [3.63, 3.8) is 0 Å². The van der Waals surface area contributed by atoms with Crippen LogP contribution < -0.4 is 5.73 Å². The van der Waals surface area contributed by atoms with Crippen molar-refractivity contribution in [2.75, 3.05) is 6.54 Å². The molecule has 7 heteroatoms. The van der Waals surface area contributed by atoms with Crippen molar-refractivity contribution in [1.82, 2.24) is 4.98 Å². The molecule has 19 heavy (non-hydrogen) atoms. The molecule has 0 spiro atoms. The van der Waals surface area contributed by atoms with E-state index in [0.29, 0.717) is 12.3 Å². The summed E-state index contributed by atoms with van der Waals surface area (Å²) in [6, 6.07) is 5.30. The minimum Gasteiger partial charge on any atom is -0.508 e. The SMILES string of the molecule is NCCc1c[nH]c2ccc(O)cc12.O=C(O)C(=O)O. The number of benzene rings is 1. The van der Waals surface area contributed by atoms with Crippen molar-refractivity contribution < 1.29 is 24.9 Å². The Morgan fingerprint density at radius 2 is 1.84 bits per heavy atom. The van der Waals surface area contributed by atoms with Crippen LogP contribution in [0.5, 0.6) is 5.75 Å².